The number of carbonyl (C=O) groups is 1. The summed E-state index contributed by atoms with van der Waals surface area (Å²) in [6, 6.07) is 2.89. The second kappa shape index (κ2) is 8.77. The number of H-pyrrole nitrogens is 1. The molecule has 2 N–H and O–H groups in total. The van der Waals surface area contributed by atoms with E-state index in [9.17, 15) is 18.4 Å². The van der Waals surface area contributed by atoms with Gasteiger partial charge in [0.05, 0.1) is 10.9 Å². The molecule has 0 unspecified atom stereocenters. The molecule has 7 nitrogen and oxygen atoms in total. The van der Waals surface area contributed by atoms with E-state index in [4.69, 9.17) is 4.74 Å². The zero-order valence-corrected chi connectivity index (χ0v) is 14.5. The number of hydrogen-bond acceptors (Lipinski definition) is 5. The topological polar surface area (TPSA) is 89.0 Å². The van der Waals surface area contributed by atoms with Gasteiger partial charge in [-0.15, -0.1) is 5.10 Å². The highest BCUT2D eigenvalue weighted by molar-refractivity contribution is 8.00. The molecule has 0 aliphatic carbocycles. The van der Waals surface area contributed by atoms with E-state index < -0.39 is 22.8 Å². The molecule has 25 heavy (non-hydrogen) atoms. The van der Waals surface area contributed by atoms with Gasteiger partial charge in [0.1, 0.15) is 11.6 Å². The first-order valence-corrected chi connectivity index (χ1v) is 8.37. The number of benzene rings is 1. The number of thioether (sulfide) groups is 1. The first-order chi connectivity index (χ1) is 11.9. The smallest absolute Gasteiger partial charge is 0.343 e. The molecule has 0 spiro atoms. The third kappa shape index (κ3) is 5.13. The molecule has 0 aliphatic rings. The van der Waals surface area contributed by atoms with Crippen molar-refractivity contribution in [3.8, 4) is 0 Å². The lowest BCUT2D eigenvalue weighted by atomic mass is 10.3. The molecule has 0 radical (unpaired) electrons. The van der Waals surface area contributed by atoms with E-state index in [2.05, 4.69) is 15.5 Å². The van der Waals surface area contributed by atoms with Gasteiger partial charge in [-0.25, -0.2) is 18.7 Å². The van der Waals surface area contributed by atoms with Gasteiger partial charge in [-0.2, -0.15) is 0 Å². The number of aromatic nitrogens is 3. The molecular weight excluding hydrogens is 354 g/mol. The van der Waals surface area contributed by atoms with Crippen molar-refractivity contribution in [3.05, 3.63) is 40.3 Å². The van der Waals surface area contributed by atoms with Crippen molar-refractivity contribution in [3.63, 3.8) is 0 Å². The average molecular weight is 372 g/mol. The Morgan fingerprint density at radius 2 is 2.24 bits per heavy atom. The minimum absolute atomic E-state index is 0.113. The number of methoxy groups -OCH3 is 1. The number of nitrogens with zero attached hydrogens (tertiary/aromatic N) is 2. The van der Waals surface area contributed by atoms with Crippen LogP contribution in [0.1, 0.15) is 13.3 Å². The molecule has 136 valence electrons. The summed E-state index contributed by atoms with van der Waals surface area (Å²) in [6.07, 6.45) is 0.616. The fraction of sp³-hybridized carbons (Fsp3) is 0.400. The predicted octanol–water partition coefficient (Wildman–Crippen LogP) is 2.01. The molecule has 0 fully saturated rings. The summed E-state index contributed by atoms with van der Waals surface area (Å²) in [5, 5.41) is 8.32. The SMILES string of the molecule is COCCCn1c(S[C@@H](C)C(=O)Nc2ccc(F)cc2F)n[nH]c1=O. The van der Waals surface area contributed by atoms with Crippen molar-refractivity contribution < 1.29 is 18.3 Å². The normalized spacial score (nSPS) is 12.2. The number of aromatic amines is 1. The second-order valence-corrected chi connectivity index (χ2v) is 6.49. The van der Waals surface area contributed by atoms with Crippen molar-refractivity contribution in [2.45, 2.75) is 30.3 Å². The lowest BCUT2D eigenvalue weighted by Crippen LogP contribution is -2.24. The molecule has 1 heterocycles. The predicted molar refractivity (Wildman–Crippen MR) is 89.6 cm³/mol. The number of rotatable bonds is 8. The molecule has 1 atom stereocenters. The molecule has 0 saturated carbocycles. The Morgan fingerprint density at radius 1 is 1.48 bits per heavy atom. The zero-order chi connectivity index (χ0) is 18.4. The molecule has 0 saturated heterocycles. The fourth-order valence-corrected chi connectivity index (χ4v) is 2.88. The molecule has 10 heteroatoms. The van der Waals surface area contributed by atoms with E-state index in [1.54, 1.807) is 14.0 Å². The largest absolute Gasteiger partial charge is 0.385 e. The molecule has 1 amide bonds. The van der Waals surface area contributed by atoms with E-state index in [1.807, 2.05) is 0 Å². The standard InChI is InChI=1S/C15H18F2N4O3S/c1-9(13(22)18-12-5-4-10(16)8-11(12)17)25-15-20-19-14(23)21(15)6-3-7-24-2/h4-5,8-9H,3,6-7H2,1-2H3,(H,18,22)(H,19,23)/t9-/m0/s1. The molecule has 2 rings (SSSR count). The maximum atomic E-state index is 13.6. The number of amides is 1. The van der Waals surface area contributed by atoms with Gasteiger partial charge in [-0.05, 0) is 25.5 Å². The Balaban J connectivity index is 2.02. The molecular formula is C15H18F2N4O3S. The average Bonchev–Trinajstić information content (AvgIpc) is 2.90. The maximum absolute atomic E-state index is 13.6. The number of hydrogen-bond donors (Lipinski definition) is 2. The first-order valence-electron chi connectivity index (χ1n) is 7.49. The minimum Gasteiger partial charge on any atom is -0.385 e. The maximum Gasteiger partial charge on any atom is 0.343 e. The second-order valence-electron chi connectivity index (χ2n) is 5.18. The van der Waals surface area contributed by atoms with Gasteiger partial charge in [0.25, 0.3) is 0 Å². The number of nitrogens with one attached hydrogen (secondary N) is 2. The molecule has 0 bridgehead atoms. The summed E-state index contributed by atoms with van der Waals surface area (Å²) in [6.45, 7) is 2.48. The van der Waals surface area contributed by atoms with Crippen LogP contribution in [0, 0.1) is 11.6 Å². The van der Waals surface area contributed by atoms with E-state index in [0.29, 0.717) is 30.8 Å². The van der Waals surface area contributed by atoms with Crippen LogP contribution in [0.15, 0.2) is 28.2 Å². The zero-order valence-electron chi connectivity index (χ0n) is 13.7. The van der Waals surface area contributed by atoms with Crippen molar-refractivity contribution in [1.82, 2.24) is 14.8 Å². The van der Waals surface area contributed by atoms with Gasteiger partial charge in [0, 0.05) is 26.3 Å². The highest BCUT2D eigenvalue weighted by atomic mass is 32.2. The highest BCUT2D eigenvalue weighted by Gasteiger charge is 2.20. The Labute approximate surface area is 146 Å². The Bertz CT molecular complexity index is 793. The van der Waals surface area contributed by atoms with Crippen LogP contribution in [-0.4, -0.2) is 39.6 Å². The molecule has 1 aromatic carbocycles. The number of anilines is 1. The van der Waals surface area contributed by atoms with Crippen molar-refractivity contribution in [2.24, 2.45) is 0 Å². The number of ether oxygens (including phenoxy) is 1. The highest BCUT2D eigenvalue weighted by Crippen LogP contribution is 2.22. The molecule has 2 aromatic rings. The van der Waals surface area contributed by atoms with Crippen molar-refractivity contribution >= 4 is 23.4 Å². The first kappa shape index (κ1) is 19.1. The van der Waals surface area contributed by atoms with Crippen LogP contribution in [0.3, 0.4) is 0 Å². The summed E-state index contributed by atoms with van der Waals surface area (Å²) < 4.78 is 32.9. The Morgan fingerprint density at radius 3 is 2.92 bits per heavy atom. The van der Waals surface area contributed by atoms with Gasteiger partial charge >= 0.3 is 5.69 Å². The molecule has 0 aliphatic heterocycles. The summed E-state index contributed by atoms with van der Waals surface area (Å²) in [5.41, 5.74) is -0.492. The quantitative estimate of drug-likeness (QED) is 0.547. The van der Waals surface area contributed by atoms with Gasteiger partial charge in [0.15, 0.2) is 5.16 Å². The van der Waals surface area contributed by atoms with E-state index >= 15 is 0 Å². The fourth-order valence-electron chi connectivity index (χ4n) is 1.99. The van der Waals surface area contributed by atoms with Crippen LogP contribution in [0.25, 0.3) is 0 Å². The summed E-state index contributed by atoms with van der Waals surface area (Å²) >= 11 is 1.06. The van der Waals surface area contributed by atoms with Crippen molar-refractivity contribution in [2.75, 3.05) is 19.0 Å². The van der Waals surface area contributed by atoms with Crippen LogP contribution >= 0.6 is 11.8 Å². The van der Waals surface area contributed by atoms with Crippen LogP contribution < -0.4 is 11.0 Å². The lowest BCUT2D eigenvalue weighted by molar-refractivity contribution is -0.115. The van der Waals surface area contributed by atoms with Gasteiger partial charge < -0.3 is 10.1 Å². The number of halogens is 2. The third-order valence-corrected chi connectivity index (χ3v) is 4.38. The van der Waals surface area contributed by atoms with Gasteiger partial charge in [0.2, 0.25) is 5.91 Å². The van der Waals surface area contributed by atoms with Gasteiger partial charge in [-0.1, -0.05) is 11.8 Å². The van der Waals surface area contributed by atoms with E-state index in [0.717, 1.165) is 23.9 Å². The number of carbonyl (C=O) groups excluding carboxylic acids is 1. The van der Waals surface area contributed by atoms with Crippen LogP contribution in [0.5, 0.6) is 0 Å². The lowest BCUT2D eigenvalue weighted by Gasteiger charge is -2.12. The van der Waals surface area contributed by atoms with Gasteiger partial charge in [-0.3, -0.25) is 9.36 Å². The van der Waals surface area contributed by atoms with Crippen LogP contribution in [-0.2, 0) is 16.1 Å². The molecule has 1 aromatic heterocycles. The summed E-state index contributed by atoms with van der Waals surface area (Å²) in [7, 11) is 1.56. The van der Waals surface area contributed by atoms with E-state index in [-0.39, 0.29) is 11.4 Å². The monoisotopic (exact) mass is 372 g/mol. The Hall–Kier alpha value is -2.20. The van der Waals surface area contributed by atoms with Crippen molar-refractivity contribution in [1.29, 1.82) is 0 Å². The summed E-state index contributed by atoms with van der Waals surface area (Å²) in [5.74, 6) is -2.08. The van der Waals surface area contributed by atoms with Crippen LogP contribution in [0.4, 0.5) is 14.5 Å². The Kier molecular flexibility index (Phi) is 6.71. The third-order valence-electron chi connectivity index (χ3n) is 3.29. The minimum atomic E-state index is -0.859. The van der Waals surface area contributed by atoms with Crippen LogP contribution in [0.2, 0.25) is 0 Å². The van der Waals surface area contributed by atoms with E-state index in [1.165, 1.54) is 4.57 Å². The summed E-state index contributed by atoms with van der Waals surface area (Å²) in [4.78, 5) is 24.0.